The van der Waals surface area contributed by atoms with Crippen LogP contribution in [0.15, 0.2) is 4.99 Å². The first-order chi connectivity index (χ1) is 11.7. The number of hydrogen-bond donors (Lipinski definition) is 3. The van der Waals surface area contributed by atoms with Gasteiger partial charge >= 0.3 is 6.09 Å². The molecule has 0 saturated heterocycles. The zero-order chi connectivity index (χ0) is 20.6. The van der Waals surface area contributed by atoms with E-state index in [1.165, 1.54) is 0 Å². The third-order valence-electron chi connectivity index (χ3n) is 3.29. The van der Waals surface area contributed by atoms with Crippen molar-refractivity contribution in [2.45, 2.75) is 66.5 Å². The van der Waals surface area contributed by atoms with Gasteiger partial charge in [-0.05, 0) is 61.1 Å². The van der Waals surface area contributed by atoms with Crippen molar-refractivity contribution in [2.24, 2.45) is 10.4 Å². The second kappa shape index (κ2) is 11.9. The highest BCUT2D eigenvalue weighted by atomic mass is 127. The molecule has 0 bridgehead atoms. The fourth-order valence-electron chi connectivity index (χ4n) is 2.47. The van der Waals surface area contributed by atoms with Crippen LogP contribution < -0.4 is 16.0 Å². The Balaban J connectivity index is 0. The normalized spacial score (nSPS) is 13.1. The Morgan fingerprint density at radius 3 is 2.04 bits per heavy atom. The summed E-state index contributed by atoms with van der Waals surface area (Å²) in [5, 5.41) is 9.46. The summed E-state index contributed by atoms with van der Waals surface area (Å²) in [5.74, 6) is 0.749. The van der Waals surface area contributed by atoms with Gasteiger partial charge in [-0.25, -0.2) is 4.79 Å². The van der Waals surface area contributed by atoms with E-state index in [9.17, 15) is 4.79 Å². The van der Waals surface area contributed by atoms with Crippen molar-refractivity contribution >= 4 is 36.0 Å². The number of amides is 1. The molecule has 0 aromatic rings. The predicted molar refractivity (Wildman–Crippen MR) is 125 cm³/mol. The molecule has 0 atom stereocenters. The molecular formula is C19H42IN5O2. The number of carbonyl (C=O) groups excluding carboxylic acids is 1. The van der Waals surface area contributed by atoms with Crippen LogP contribution in [0.4, 0.5) is 4.79 Å². The summed E-state index contributed by atoms with van der Waals surface area (Å²) in [6.07, 6.45) is -0.418. The average molecular weight is 499 g/mol. The van der Waals surface area contributed by atoms with Crippen LogP contribution >= 0.6 is 24.0 Å². The SMILES string of the molecule is CCNC(=NCC(C)(C)CN(C)C)NCC(C)(C)NC(=O)OC(C)(C)C.I. The summed E-state index contributed by atoms with van der Waals surface area (Å²) in [5.41, 5.74) is -0.907. The quantitative estimate of drug-likeness (QED) is 0.272. The van der Waals surface area contributed by atoms with E-state index >= 15 is 0 Å². The molecule has 0 fully saturated rings. The fourth-order valence-corrected chi connectivity index (χ4v) is 2.47. The van der Waals surface area contributed by atoms with Gasteiger partial charge in [-0.15, -0.1) is 24.0 Å². The van der Waals surface area contributed by atoms with Crippen molar-refractivity contribution in [3.8, 4) is 0 Å². The van der Waals surface area contributed by atoms with Crippen LogP contribution in [0.1, 0.15) is 55.4 Å². The Hall–Kier alpha value is -0.770. The van der Waals surface area contributed by atoms with Crippen molar-refractivity contribution < 1.29 is 9.53 Å². The Morgan fingerprint density at radius 2 is 1.59 bits per heavy atom. The van der Waals surface area contributed by atoms with Gasteiger partial charge in [0.15, 0.2) is 5.96 Å². The van der Waals surface area contributed by atoms with Crippen LogP contribution in [0, 0.1) is 5.41 Å². The highest BCUT2D eigenvalue weighted by molar-refractivity contribution is 14.0. The fraction of sp³-hybridized carbons (Fsp3) is 0.895. The zero-order valence-electron chi connectivity index (χ0n) is 18.9. The first kappa shape index (κ1) is 28.4. The minimum Gasteiger partial charge on any atom is -0.444 e. The van der Waals surface area contributed by atoms with E-state index in [4.69, 9.17) is 9.73 Å². The Kier molecular flexibility index (Phi) is 12.6. The van der Waals surface area contributed by atoms with Gasteiger partial charge in [0.05, 0.1) is 5.54 Å². The molecule has 0 spiro atoms. The number of ether oxygens (including phenoxy) is 1. The lowest BCUT2D eigenvalue weighted by Crippen LogP contribution is -2.54. The maximum absolute atomic E-state index is 12.0. The highest BCUT2D eigenvalue weighted by Crippen LogP contribution is 2.16. The Labute approximate surface area is 183 Å². The number of hydrogen-bond acceptors (Lipinski definition) is 4. The lowest BCUT2D eigenvalue weighted by molar-refractivity contribution is 0.0474. The van der Waals surface area contributed by atoms with Gasteiger partial charge in [0.1, 0.15) is 5.60 Å². The number of guanidine groups is 1. The van der Waals surface area contributed by atoms with Crippen molar-refractivity contribution in [3.63, 3.8) is 0 Å². The summed E-state index contributed by atoms with van der Waals surface area (Å²) in [6.45, 7) is 18.9. The first-order valence-corrected chi connectivity index (χ1v) is 9.34. The van der Waals surface area contributed by atoms with Gasteiger partial charge in [-0.1, -0.05) is 13.8 Å². The minimum atomic E-state index is -0.512. The standard InChI is InChI=1S/C19H41N5O2.HI/c1-11-20-15(21-12-18(5,6)14-24(9)10)22-13-19(7,8)23-16(25)26-17(2,3)4;/h11-14H2,1-10H3,(H,23,25)(H2,20,21,22);1H. The van der Waals surface area contributed by atoms with Crippen molar-refractivity contribution in [2.75, 3.05) is 40.3 Å². The number of nitrogens with one attached hydrogen (secondary N) is 3. The zero-order valence-corrected chi connectivity index (χ0v) is 21.3. The number of aliphatic imine (C=N–C) groups is 1. The molecule has 8 heteroatoms. The van der Waals surface area contributed by atoms with Crippen molar-refractivity contribution in [3.05, 3.63) is 0 Å². The van der Waals surface area contributed by atoms with E-state index in [0.29, 0.717) is 13.1 Å². The van der Waals surface area contributed by atoms with E-state index in [1.807, 2.05) is 41.5 Å². The summed E-state index contributed by atoms with van der Waals surface area (Å²) in [4.78, 5) is 18.9. The summed E-state index contributed by atoms with van der Waals surface area (Å²) >= 11 is 0. The highest BCUT2D eigenvalue weighted by Gasteiger charge is 2.25. The molecule has 162 valence electrons. The van der Waals surface area contributed by atoms with Crippen molar-refractivity contribution in [1.29, 1.82) is 0 Å². The number of rotatable bonds is 8. The van der Waals surface area contributed by atoms with Crippen LogP contribution in [-0.4, -0.2) is 68.4 Å². The third-order valence-corrected chi connectivity index (χ3v) is 3.29. The molecule has 0 radical (unpaired) electrons. The number of carbonyl (C=O) groups is 1. The van der Waals surface area contributed by atoms with E-state index < -0.39 is 17.2 Å². The molecule has 7 nitrogen and oxygen atoms in total. The van der Waals surface area contributed by atoms with E-state index in [2.05, 4.69) is 48.8 Å². The topological polar surface area (TPSA) is 78.0 Å². The Morgan fingerprint density at radius 1 is 1.04 bits per heavy atom. The largest absolute Gasteiger partial charge is 0.444 e. The monoisotopic (exact) mass is 499 g/mol. The second-order valence-corrected chi connectivity index (χ2v) is 9.46. The average Bonchev–Trinajstić information content (AvgIpc) is 2.37. The van der Waals surface area contributed by atoms with Crippen LogP contribution in [0.3, 0.4) is 0 Å². The number of nitrogens with zero attached hydrogens (tertiary/aromatic N) is 2. The molecule has 1 amide bonds. The van der Waals surface area contributed by atoms with Crippen LogP contribution in [0.25, 0.3) is 0 Å². The molecule has 0 unspecified atom stereocenters. The maximum Gasteiger partial charge on any atom is 0.408 e. The number of halogens is 1. The molecule has 0 aromatic carbocycles. The molecule has 3 N–H and O–H groups in total. The molecular weight excluding hydrogens is 457 g/mol. The maximum atomic E-state index is 12.0. The lowest BCUT2D eigenvalue weighted by atomic mass is 9.93. The van der Waals surface area contributed by atoms with Gasteiger partial charge in [0.2, 0.25) is 0 Å². The second-order valence-electron chi connectivity index (χ2n) is 9.46. The number of alkyl carbamates (subject to hydrolysis) is 1. The molecule has 0 saturated carbocycles. The lowest BCUT2D eigenvalue weighted by Gasteiger charge is -2.30. The van der Waals surface area contributed by atoms with E-state index in [0.717, 1.165) is 19.0 Å². The van der Waals surface area contributed by atoms with Crippen LogP contribution in [0.5, 0.6) is 0 Å². The molecule has 0 rings (SSSR count). The summed E-state index contributed by atoms with van der Waals surface area (Å²) in [6, 6.07) is 0. The van der Waals surface area contributed by atoms with Crippen LogP contribution in [0.2, 0.25) is 0 Å². The molecule has 0 heterocycles. The Bertz CT molecular complexity index is 471. The van der Waals surface area contributed by atoms with Gasteiger partial charge in [0.25, 0.3) is 0 Å². The molecule has 0 aromatic heterocycles. The van der Waals surface area contributed by atoms with Crippen LogP contribution in [-0.2, 0) is 4.74 Å². The third kappa shape index (κ3) is 15.9. The minimum absolute atomic E-state index is 0. The van der Waals surface area contributed by atoms with Gasteiger partial charge in [-0.3, -0.25) is 4.99 Å². The summed E-state index contributed by atoms with van der Waals surface area (Å²) in [7, 11) is 4.14. The van der Waals surface area contributed by atoms with E-state index in [-0.39, 0.29) is 29.4 Å². The predicted octanol–water partition coefficient (Wildman–Crippen LogP) is 3.05. The smallest absolute Gasteiger partial charge is 0.408 e. The van der Waals surface area contributed by atoms with Gasteiger partial charge in [0, 0.05) is 26.2 Å². The molecule has 0 aliphatic heterocycles. The van der Waals surface area contributed by atoms with E-state index in [1.54, 1.807) is 0 Å². The summed E-state index contributed by atoms with van der Waals surface area (Å²) < 4.78 is 5.33. The van der Waals surface area contributed by atoms with Gasteiger partial charge < -0.3 is 25.6 Å². The molecule has 0 aliphatic carbocycles. The van der Waals surface area contributed by atoms with Crippen molar-refractivity contribution in [1.82, 2.24) is 20.9 Å². The van der Waals surface area contributed by atoms with Gasteiger partial charge in [-0.2, -0.15) is 0 Å². The molecule has 27 heavy (non-hydrogen) atoms. The molecule has 0 aliphatic rings. The first-order valence-electron chi connectivity index (χ1n) is 9.34.